The van der Waals surface area contributed by atoms with Crippen LogP contribution < -0.4 is 5.32 Å². The Morgan fingerprint density at radius 1 is 1.73 bits per heavy atom. The molecular formula is C10H14N2O3. The van der Waals surface area contributed by atoms with Crippen molar-refractivity contribution in [1.29, 1.82) is 0 Å². The van der Waals surface area contributed by atoms with Gasteiger partial charge in [0.05, 0.1) is 19.9 Å². The van der Waals surface area contributed by atoms with Crippen molar-refractivity contribution in [3.8, 4) is 0 Å². The van der Waals surface area contributed by atoms with E-state index in [1.807, 2.05) is 0 Å². The summed E-state index contributed by atoms with van der Waals surface area (Å²) < 4.78 is 9.44. The fourth-order valence-corrected chi connectivity index (χ4v) is 0.998. The molecule has 0 aliphatic rings. The summed E-state index contributed by atoms with van der Waals surface area (Å²) in [5.41, 5.74) is 0.586. The number of hydrogen-bond acceptors (Lipinski definition) is 5. The highest BCUT2D eigenvalue weighted by atomic mass is 16.5. The highest BCUT2D eigenvalue weighted by Crippen LogP contribution is 1.96. The monoisotopic (exact) mass is 210 g/mol. The van der Waals surface area contributed by atoms with Crippen molar-refractivity contribution >= 4 is 5.97 Å². The third-order valence-electron chi connectivity index (χ3n) is 1.85. The van der Waals surface area contributed by atoms with Crippen molar-refractivity contribution in [2.45, 2.75) is 13.5 Å². The van der Waals surface area contributed by atoms with Crippen molar-refractivity contribution in [2.75, 3.05) is 13.7 Å². The first-order valence-corrected chi connectivity index (χ1v) is 4.59. The number of esters is 1. The Balaban J connectivity index is 2.24. The number of aromatic nitrogens is 1. The molecular weight excluding hydrogens is 196 g/mol. The SMILES string of the molecule is COC(=O)C(C)=CCNCc1ccno1. The first kappa shape index (κ1) is 11.5. The van der Waals surface area contributed by atoms with E-state index < -0.39 is 0 Å². The molecule has 0 unspecified atom stereocenters. The van der Waals surface area contributed by atoms with Gasteiger partial charge in [-0.25, -0.2) is 4.79 Å². The van der Waals surface area contributed by atoms with Crippen LogP contribution in [-0.4, -0.2) is 24.8 Å². The summed E-state index contributed by atoms with van der Waals surface area (Å²) in [5.74, 6) is 0.454. The van der Waals surface area contributed by atoms with Crippen LogP contribution in [0.4, 0.5) is 0 Å². The Kier molecular flexibility index (Phi) is 4.56. The molecule has 0 bridgehead atoms. The van der Waals surface area contributed by atoms with E-state index in [4.69, 9.17) is 4.52 Å². The molecule has 1 aromatic rings. The van der Waals surface area contributed by atoms with Gasteiger partial charge in [0.2, 0.25) is 0 Å². The van der Waals surface area contributed by atoms with Crippen LogP contribution in [0, 0.1) is 0 Å². The second-order valence-corrected chi connectivity index (χ2v) is 2.99. The lowest BCUT2D eigenvalue weighted by molar-refractivity contribution is -0.136. The minimum atomic E-state index is -0.309. The van der Waals surface area contributed by atoms with Gasteiger partial charge in [-0.3, -0.25) is 0 Å². The number of methoxy groups -OCH3 is 1. The van der Waals surface area contributed by atoms with E-state index in [0.717, 1.165) is 5.76 Å². The summed E-state index contributed by atoms with van der Waals surface area (Å²) in [5, 5.41) is 6.65. The van der Waals surface area contributed by atoms with Crippen molar-refractivity contribution in [3.63, 3.8) is 0 Å². The summed E-state index contributed by atoms with van der Waals surface area (Å²) in [4.78, 5) is 11.0. The van der Waals surface area contributed by atoms with Gasteiger partial charge in [0, 0.05) is 18.2 Å². The molecule has 0 aliphatic carbocycles. The van der Waals surface area contributed by atoms with Crippen LogP contribution in [0.3, 0.4) is 0 Å². The van der Waals surface area contributed by atoms with Gasteiger partial charge in [-0.1, -0.05) is 11.2 Å². The van der Waals surface area contributed by atoms with Gasteiger partial charge in [-0.05, 0) is 6.92 Å². The Hall–Kier alpha value is -1.62. The van der Waals surface area contributed by atoms with Crippen molar-refractivity contribution in [2.24, 2.45) is 0 Å². The van der Waals surface area contributed by atoms with Gasteiger partial charge < -0.3 is 14.6 Å². The van der Waals surface area contributed by atoms with Crippen LogP contribution in [0.1, 0.15) is 12.7 Å². The van der Waals surface area contributed by atoms with E-state index in [-0.39, 0.29) is 5.97 Å². The molecule has 0 aromatic carbocycles. The van der Waals surface area contributed by atoms with Crippen LogP contribution in [0.2, 0.25) is 0 Å². The third kappa shape index (κ3) is 3.95. The Bertz CT molecular complexity index is 330. The van der Waals surface area contributed by atoms with E-state index in [1.165, 1.54) is 7.11 Å². The minimum absolute atomic E-state index is 0.309. The van der Waals surface area contributed by atoms with Crippen molar-refractivity contribution in [3.05, 3.63) is 29.7 Å². The molecule has 0 amide bonds. The number of carbonyl (C=O) groups is 1. The largest absolute Gasteiger partial charge is 0.466 e. The average Bonchev–Trinajstić information content (AvgIpc) is 2.75. The molecule has 5 heteroatoms. The lowest BCUT2D eigenvalue weighted by atomic mass is 10.3. The summed E-state index contributed by atoms with van der Waals surface area (Å²) in [6.07, 6.45) is 3.36. The summed E-state index contributed by atoms with van der Waals surface area (Å²) in [7, 11) is 1.36. The fourth-order valence-electron chi connectivity index (χ4n) is 0.998. The maximum Gasteiger partial charge on any atom is 0.333 e. The van der Waals surface area contributed by atoms with Crippen LogP contribution in [0.5, 0.6) is 0 Å². The topological polar surface area (TPSA) is 64.4 Å². The van der Waals surface area contributed by atoms with Gasteiger partial charge in [0.1, 0.15) is 5.76 Å². The van der Waals surface area contributed by atoms with E-state index in [2.05, 4.69) is 15.2 Å². The second-order valence-electron chi connectivity index (χ2n) is 2.99. The molecule has 5 nitrogen and oxygen atoms in total. The molecule has 0 radical (unpaired) electrons. The van der Waals surface area contributed by atoms with Gasteiger partial charge in [0.25, 0.3) is 0 Å². The summed E-state index contributed by atoms with van der Waals surface area (Å²) in [6, 6.07) is 1.78. The second kappa shape index (κ2) is 5.98. The van der Waals surface area contributed by atoms with E-state index >= 15 is 0 Å². The number of carbonyl (C=O) groups excluding carboxylic acids is 1. The normalized spacial score (nSPS) is 11.5. The van der Waals surface area contributed by atoms with Gasteiger partial charge in [-0.15, -0.1) is 0 Å². The van der Waals surface area contributed by atoms with Gasteiger partial charge >= 0.3 is 5.97 Å². The van der Waals surface area contributed by atoms with Crippen molar-refractivity contribution < 1.29 is 14.1 Å². The minimum Gasteiger partial charge on any atom is -0.466 e. The molecule has 82 valence electrons. The Morgan fingerprint density at radius 3 is 3.13 bits per heavy atom. The van der Waals surface area contributed by atoms with Crippen LogP contribution in [0.25, 0.3) is 0 Å². The first-order chi connectivity index (χ1) is 7.24. The average molecular weight is 210 g/mol. The van der Waals surface area contributed by atoms with E-state index in [0.29, 0.717) is 18.7 Å². The number of nitrogens with zero attached hydrogens (tertiary/aromatic N) is 1. The third-order valence-corrected chi connectivity index (χ3v) is 1.85. The zero-order valence-electron chi connectivity index (χ0n) is 8.82. The number of ether oxygens (including phenoxy) is 1. The molecule has 0 atom stereocenters. The van der Waals surface area contributed by atoms with Crippen LogP contribution in [-0.2, 0) is 16.1 Å². The highest BCUT2D eigenvalue weighted by molar-refractivity contribution is 5.87. The van der Waals surface area contributed by atoms with Crippen LogP contribution in [0.15, 0.2) is 28.4 Å². The lowest BCUT2D eigenvalue weighted by Gasteiger charge is -2.00. The zero-order valence-corrected chi connectivity index (χ0v) is 8.82. The van der Waals surface area contributed by atoms with Gasteiger partial charge in [0.15, 0.2) is 0 Å². The Labute approximate surface area is 88.1 Å². The molecule has 1 rings (SSSR count). The molecule has 15 heavy (non-hydrogen) atoms. The lowest BCUT2D eigenvalue weighted by Crippen LogP contribution is -2.14. The summed E-state index contributed by atoms with van der Waals surface area (Å²) in [6.45, 7) is 2.88. The molecule has 0 spiro atoms. The van der Waals surface area contributed by atoms with E-state index in [1.54, 1.807) is 25.3 Å². The van der Waals surface area contributed by atoms with Crippen molar-refractivity contribution in [1.82, 2.24) is 10.5 Å². The molecule has 0 saturated heterocycles. The standard InChI is InChI=1S/C10H14N2O3/c1-8(10(13)14-2)3-5-11-7-9-4-6-12-15-9/h3-4,6,11H,5,7H2,1-2H3. The number of rotatable bonds is 5. The molecule has 0 fully saturated rings. The number of nitrogens with one attached hydrogen (secondary N) is 1. The van der Waals surface area contributed by atoms with Crippen LogP contribution >= 0.6 is 0 Å². The molecule has 1 heterocycles. The Morgan fingerprint density at radius 2 is 2.53 bits per heavy atom. The predicted octanol–water partition coefficient (Wildman–Crippen LogP) is 0.883. The van der Waals surface area contributed by atoms with Gasteiger partial charge in [-0.2, -0.15) is 0 Å². The highest BCUT2D eigenvalue weighted by Gasteiger charge is 2.01. The molecule has 0 saturated carbocycles. The maximum absolute atomic E-state index is 11.0. The summed E-state index contributed by atoms with van der Waals surface area (Å²) >= 11 is 0. The molecule has 1 N–H and O–H groups in total. The smallest absolute Gasteiger partial charge is 0.333 e. The molecule has 0 aliphatic heterocycles. The quantitative estimate of drug-likeness (QED) is 0.444. The zero-order chi connectivity index (χ0) is 11.1. The maximum atomic E-state index is 11.0. The van der Waals surface area contributed by atoms with E-state index in [9.17, 15) is 4.79 Å². The predicted molar refractivity (Wildman–Crippen MR) is 54.0 cm³/mol. The first-order valence-electron chi connectivity index (χ1n) is 4.59. The number of hydrogen-bond donors (Lipinski definition) is 1. The fraction of sp³-hybridized carbons (Fsp3) is 0.400. The molecule has 1 aromatic heterocycles.